The monoisotopic (exact) mass is 341 g/mol. The van der Waals surface area contributed by atoms with Gasteiger partial charge in [0.15, 0.2) is 0 Å². The average Bonchev–Trinajstić information content (AvgIpc) is 2.57. The van der Waals surface area contributed by atoms with Gasteiger partial charge in [-0.15, -0.1) is 0 Å². The molecule has 0 saturated carbocycles. The highest BCUT2D eigenvalue weighted by atomic mass is 16.1. The number of nitrogens with zero attached hydrogens (tertiary/aromatic N) is 5. The van der Waals surface area contributed by atoms with E-state index in [9.17, 15) is 9.59 Å². The summed E-state index contributed by atoms with van der Waals surface area (Å²) in [5.74, 6) is 1.20. The topological polar surface area (TPSA) is 73.0 Å². The molecule has 0 aromatic carbocycles. The fourth-order valence-corrected chi connectivity index (χ4v) is 3.76. The predicted octanol–water partition coefficient (Wildman–Crippen LogP) is 0.348. The highest BCUT2D eigenvalue weighted by Crippen LogP contribution is 2.20. The second-order valence-electron chi connectivity index (χ2n) is 7.16. The molecule has 7 nitrogen and oxygen atoms in total. The number of hydrogen-bond donors (Lipinski definition) is 0. The smallest absolute Gasteiger partial charge is 0.267 e. The van der Waals surface area contributed by atoms with Crippen molar-refractivity contribution in [1.82, 2.24) is 24.2 Å². The minimum absolute atomic E-state index is 0.0197. The molecule has 0 radical (unpaired) electrons. The Morgan fingerprint density at radius 1 is 1.16 bits per heavy atom. The Hall–Kier alpha value is -2.28. The Morgan fingerprint density at radius 2 is 1.96 bits per heavy atom. The molecule has 2 aromatic rings. The molecule has 1 saturated heterocycles. The molecule has 132 valence electrons. The lowest BCUT2D eigenvalue weighted by atomic mass is 9.96. The van der Waals surface area contributed by atoms with Gasteiger partial charge >= 0.3 is 0 Å². The molecular formula is C18H23N5O2. The first-order chi connectivity index (χ1) is 12.1. The normalized spacial score (nSPS) is 18.0. The third kappa shape index (κ3) is 3.28. The van der Waals surface area contributed by atoms with Crippen LogP contribution in [0.4, 0.5) is 0 Å². The van der Waals surface area contributed by atoms with Gasteiger partial charge in [-0.25, -0.2) is 9.67 Å². The van der Waals surface area contributed by atoms with E-state index < -0.39 is 0 Å². The first-order valence-electron chi connectivity index (χ1n) is 8.93. The number of hydrogen-bond acceptors (Lipinski definition) is 5. The van der Waals surface area contributed by atoms with E-state index >= 15 is 0 Å². The highest BCUT2D eigenvalue weighted by Gasteiger charge is 2.28. The zero-order chi connectivity index (χ0) is 17.4. The van der Waals surface area contributed by atoms with Crippen LogP contribution in [0.25, 0.3) is 0 Å². The van der Waals surface area contributed by atoms with Crippen molar-refractivity contribution in [2.45, 2.75) is 38.8 Å². The van der Waals surface area contributed by atoms with Crippen LogP contribution in [-0.4, -0.2) is 37.3 Å². The zero-order valence-corrected chi connectivity index (χ0v) is 14.5. The first-order valence-corrected chi connectivity index (χ1v) is 8.93. The second-order valence-corrected chi connectivity index (χ2v) is 7.16. The minimum atomic E-state index is -0.0353. The van der Waals surface area contributed by atoms with E-state index in [0.717, 1.165) is 55.9 Å². The van der Waals surface area contributed by atoms with Gasteiger partial charge in [-0.2, -0.15) is 5.10 Å². The summed E-state index contributed by atoms with van der Waals surface area (Å²) in [5, 5.41) is 4.60. The Morgan fingerprint density at radius 3 is 2.80 bits per heavy atom. The van der Waals surface area contributed by atoms with Crippen molar-refractivity contribution in [2.24, 2.45) is 13.0 Å². The summed E-state index contributed by atoms with van der Waals surface area (Å²) < 4.78 is 3.23. The predicted molar refractivity (Wildman–Crippen MR) is 93.4 cm³/mol. The lowest BCUT2D eigenvalue weighted by molar-refractivity contribution is 0.0725. The van der Waals surface area contributed by atoms with Crippen molar-refractivity contribution in [2.75, 3.05) is 13.1 Å². The van der Waals surface area contributed by atoms with Gasteiger partial charge in [0.25, 0.3) is 11.1 Å². The van der Waals surface area contributed by atoms with Crippen LogP contribution >= 0.6 is 0 Å². The quantitative estimate of drug-likeness (QED) is 0.802. The van der Waals surface area contributed by atoms with Crippen LogP contribution in [0, 0.1) is 5.92 Å². The van der Waals surface area contributed by atoms with Crippen LogP contribution < -0.4 is 11.1 Å². The lowest BCUT2D eigenvalue weighted by Crippen LogP contribution is -2.49. The van der Waals surface area contributed by atoms with Crippen LogP contribution in [-0.2, 0) is 33.0 Å². The van der Waals surface area contributed by atoms with Gasteiger partial charge in [0.1, 0.15) is 5.82 Å². The average molecular weight is 341 g/mol. The summed E-state index contributed by atoms with van der Waals surface area (Å²) in [5.41, 5.74) is 2.22. The molecule has 1 aliphatic heterocycles. The summed E-state index contributed by atoms with van der Waals surface area (Å²) in [6.07, 6.45) is 5.86. The van der Waals surface area contributed by atoms with Crippen molar-refractivity contribution >= 4 is 0 Å². The number of fused-ring (bicyclic) bond motifs is 1. The molecule has 3 heterocycles. The number of aromatic nitrogens is 4. The maximum atomic E-state index is 12.3. The Balaban J connectivity index is 1.38. The SMILES string of the molecule is Cn1c(CN2CC(Cn3nc4c(cc3=O)CCCC4)C2)nccc1=O. The van der Waals surface area contributed by atoms with Crippen LogP contribution in [0.1, 0.15) is 29.9 Å². The van der Waals surface area contributed by atoms with E-state index in [1.165, 1.54) is 6.07 Å². The molecule has 2 aliphatic rings. The minimum Gasteiger partial charge on any atom is -0.299 e. The van der Waals surface area contributed by atoms with E-state index in [0.29, 0.717) is 19.0 Å². The van der Waals surface area contributed by atoms with Crippen LogP contribution in [0.5, 0.6) is 0 Å². The Labute approximate surface area is 145 Å². The van der Waals surface area contributed by atoms with E-state index in [1.807, 2.05) is 0 Å². The van der Waals surface area contributed by atoms with Gasteiger partial charge in [-0.1, -0.05) is 0 Å². The third-order valence-corrected chi connectivity index (χ3v) is 5.26. The second kappa shape index (κ2) is 6.55. The van der Waals surface area contributed by atoms with Gasteiger partial charge in [-0.3, -0.25) is 19.1 Å². The van der Waals surface area contributed by atoms with Gasteiger partial charge in [0, 0.05) is 44.4 Å². The van der Waals surface area contributed by atoms with Crippen molar-refractivity contribution in [3.63, 3.8) is 0 Å². The van der Waals surface area contributed by atoms with Gasteiger partial charge in [0.2, 0.25) is 0 Å². The third-order valence-electron chi connectivity index (χ3n) is 5.26. The molecule has 0 atom stereocenters. The van der Waals surface area contributed by atoms with Gasteiger partial charge in [0.05, 0.1) is 18.8 Å². The van der Waals surface area contributed by atoms with Crippen LogP contribution in [0.2, 0.25) is 0 Å². The summed E-state index contributed by atoms with van der Waals surface area (Å²) in [6.45, 7) is 3.13. The molecule has 0 spiro atoms. The molecular weight excluding hydrogens is 318 g/mol. The first kappa shape index (κ1) is 16.2. The summed E-state index contributed by atoms with van der Waals surface area (Å²) in [6, 6.07) is 3.25. The molecule has 4 rings (SSSR count). The van der Waals surface area contributed by atoms with Crippen LogP contribution in [0.3, 0.4) is 0 Å². The Kier molecular flexibility index (Phi) is 4.25. The molecule has 0 N–H and O–H groups in total. The molecule has 2 aromatic heterocycles. The maximum Gasteiger partial charge on any atom is 0.267 e. The molecule has 0 amide bonds. The fraction of sp³-hybridized carbons (Fsp3) is 0.556. The zero-order valence-electron chi connectivity index (χ0n) is 14.5. The standard InChI is InChI=1S/C18H23N5O2/c1-21-16(19-7-6-17(21)24)12-22-9-13(10-22)11-23-18(25)8-14-4-2-3-5-15(14)20-23/h6-8,13H,2-5,9-12H2,1H3. The van der Waals surface area contributed by atoms with Gasteiger partial charge < -0.3 is 0 Å². The molecule has 0 unspecified atom stereocenters. The number of rotatable bonds is 4. The molecule has 25 heavy (non-hydrogen) atoms. The van der Waals surface area contributed by atoms with Crippen LogP contribution in [0.15, 0.2) is 27.9 Å². The molecule has 1 aliphatic carbocycles. The molecule has 1 fully saturated rings. The summed E-state index contributed by atoms with van der Waals surface area (Å²) in [4.78, 5) is 30.4. The van der Waals surface area contributed by atoms with Crippen molar-refractivity contribution in [3.8, 4) is 0 Å². The Bertz CT molecular complexity index is 895. The summed E-state index contributed by atoms with van der Waals surface area (Å²) in [7, 11) is 1.75. The molecule has 0 bridgehead atoms. The lowest BCUT2D eigenvalue weighted by Gasteiger charge is -2.39. The summed E-state index contributed by atoms with van der Waals surface area (Å²) >= 11 is 0. The highest BCUT2D eigenvalue weighted by molar-refractivity contribution is 5.20. The van der Waals surface area contributed by atoms with Crippen molar-refractivity contribution < 1.29 is 0 Å². The molecule has 7 heteroatoms. The number of aryl methyl sites for hydroxylation is 2. The number of likely N-dealkylation sites (tertiary alicyclic amines) is 1. The van der Waals surface area contributed by atoms with Gasteiger partial charge in [-0.05, 0) is 31.2 Å². The van der Waals surface area contributed by atoms with E-state index in [4.69, 9.17) is 0 Å². The van der Waals surface area contributed by atoms with E-state index in [-0.39, 0.29) is 11.1 Å². The largest absolute Gasteiger partial charge is 0.299 e. The van der Waals surface area contributed by atoms with E-state index in [1.54, 1.807) is 28.6 Å². The van der Waals surface area contributed by atoms with Crippen molar-refractivity contribution in [1.29, 1.82) is 0 Å². The maximum absolute atomic E-state index is 12.3. The van der Waals surface area contributed by atoms with Crippen molar-refractivity contribution in [3.05, 3.63) is 56.1 Å². The van der Waals surface area contributed by atoms with E-state index in [2.05, 4.69) is 15.0 Å². The fourth-order valence-electron chi connectivity index (χ4n) is 3.76.